The van der Waals surface area contributed by atoms with E-state index in [2.05, 4.69) is 45.8 Å². The van der Waals surface area contributed by atoms with Gasteiger partial charge in [-0.3, -0.25) is 14.5 Å². The molecule has 0 aliphatic carbocycles. The highest BCUT2D eigenvalue weighted by molar-refractivity contribution is 14.1. The molecule has 1 aliphatic rings. The highest BCUT2D eigenvalue weighted by Crippen LogP contribution is 2.18. The average Bonchev–Trinajstić information content (AvgIpc) is 3.17. The third kappa shape index (κ3) is 5.14. The van der Waals surface area contributed by atoms with Gasteiger partial charge in [0.25, 0.3) is 5.91 Å². The standard InChI is InChI=1S/C21H27IN4O2/c1-3-16(2)23-20(27)15-24-10-12-25(13-11-24)21(28)19-8-5-9-26(19)18-7-4-6-17(22)14-18/h4-9,14,16H,3,10-13,15H2,1-2H3,(H,23,27). The Balaban J connectivity index is 1.59. The predicted molar refractivity (Wildman–Crippen MR) is 119 cm³/mol. The topological polar surface area (TPSA) is 57.6 Å². The quantitative estimate of drug-likeness (QED) is 0.629. The number of nitrogens with one attached hydrogen (secondary N) is 1. The van der Waals surface area contributed by atoms with Crippen molar-refractivity contribution in [1.82, 2.24) is 19.7 Å². The Hall–Kier alpha value is -1.87. The monoisotopic (exact) mass is 494 g/mol. The van der Waals surface area contributed by atoms with E-state index in [9.17, 15) is 9.59 Å². The minimum atomic E-state index is 0.0348. The molecule has 1 saturated heterocycles. The van der Waals surface area contributed by atoms with Crippen molar-refractivity contribution in [2.45, 2.75) is 26.3 Å². The molecule has 1 aliphatic heterocycles. The summed E-state index contributed by atoms with van der Waals surface area (Å²) in [4.78, 5) is 29.1. The summed E-state index contributed by atoms with van der Waals surface area (Å²) in [5.41, 5.74) is 1.66. The van der Waals surface area contributed by atoms with Gasteiger partial charge in [0.1, 0.15) is 5.69 Å². The second-order valence-electron chi connectivity index (χ2n) is 7.19. The average molecular weight is 494 g/mol. The number of benzene rings is 1. The summed E-state index contributed by atoms with van der Waals surface area (Å²) in [5.74, 6) is 0.0919. The van der Waals surface area contributed by atoms with E-state index in [-0.39, 0.29) is 17.9 Å². The Bertz CT molecular complexity index is 827. The van der Waals surface area contributed by atoms with Gasteiger partial charge in [0.2, 0.25) is 5.91 Å². The van der Waals surface area contributed by atoms with Crippen LogP contribution >= 0.6 is 22.6 Å². The van der Waals surface area contributed by atoms with Crippen LogP contribution in [0.5, 0.6) is 0 Å². The highest BCUT2D eigenvalue weighted by atomic mass is 127. The lowest BCUT2D eigenvalue weighted by atomic mass is 10.2. The summed E-state index contributed by atoms with van der Waals surface area (Å²) >= 11 is 2.28. The van der Waals surface area contributed by atoms with Crippen molar-refractivity contribution in [1.29, 1.82) is 0 Å². The Morgan fingerprint density at radius 1 is 1.14 bits per heavy atom. The molecule has 2 aromatic rings. The Kier molecular flexibility index (Phi) is 7.12. The first-order chi connectivity index (χ1) is 13.5. The van der Waals surface area contributed by atoms with Crippen LogP contribution in [0.3, 0.4) is 0 Å². The van der Waals surface area contributed by atoms with E-state index in [4.69, 9.17) is 0 Å². The Morgan fingerprint density at radius 2 is 1.89 bits per heavy atom. The van der Waals surface area contributed by atoms with Gasteiger partial charge < -0.3 is 14.8 Å². The minimum absolute atomic E-state index is 0.0348. The summed E-state index contributed by atoms with van der Waals surface area (Å²) in [7, 11) is 0. The molecule has 7 heteroatoms. The minimum Gasteiger partial charge on any atom is -0.353 e. The van der Waals surface area contributed by atoms with Gasteiger partial charge in [-0.25, -0.2) is 0 Å². The number of carbonyl (C=O) groups is 2. The predicted octanol–water partition coefficient (Wildman–Crippen LogP) is 2.75. The van der Waals surface area contributed by atoms with Crippen LogP contribution in [0.25, 0.3) is 5.69 Å². The lowest BCUT2D eigenvalue weighted by molar-refractivity contribution is -0.123. The molecule has 1 aromatic heterocycles. The van der Waals surface area contributed by atoms with Crippen LogP contribution in [0.2, 0.25) is 0 Å². The maximum absolute atomic E-state index is 13.1. The lowest BCUT2D eigenvalue weighted by Crippen LogP contribution is -2.51. The lowest BCUT2D eigenvalue weighted by Gasteiger charge is -2.34. The summed E-state index contributed by atoms with van der Waals surface area (Å²) in [6, 6.07) is 12.1. The molecule has 1 N–H and O–H groups in total. The molecule has 2 amide bonds. The molecule has 0 radical (unpaired) electrons. The van der Waals surface area contributed by atoms with Gasteiger partial charge in [0.05, 0.1) is 6.54 Å². The molecule has 6 nitrogen and oxygen atoms in total. The van der Waals surface area contributed by atoms with Crippen LogP contribution in [-0.4, -0.2) is 64.9 Å². The summed E-state index contributed by atoms with van der Waals surface area (Å²) in [5, 5.41) is 3.00. The number of amides is 2. The zero-order valence-corrected chi connectivity index (χ0v) is 18.6. The van der Waals surface area contributed by atoms with E-state index < -0.39 is 0 Å². The second kappa shape index (κ2) is 9.56. The van der Waals surface area contributed by atoms with E-state index in [0.29, 0.717) is 38.4 Å². The van der Waals surface area contributed by atoms with E-state index >= 15 is 0 Å². The normalized spacial score (nSPS) is 16.0. The van der Waals surface area contributed by atoms with Crippen molar-refractivity contribution in [3.05, 3.63) is 51.9 Å². The van der Waals surface area contributed by atoms with Crippen LogP contribution in [0.1, 0.15) is 30.8 Å². The van der Waals surface area contributed by atoms with Gasteiger partial charge in [-0.05, 0) is 66.3 Å². The number of halogens is 1. The van der Waals surface area contributed by atoms with Crippen LogP contribution in [0.4, 0.5) is 0 Å². The van der Waals surface area contributed by atoms with E-state index in [0.717, 1.165) is 15.7 Å². The van der Waals surface area contributed by atoms with Gasteiger partial charge in [0, 0.05) is 47.7 Å². The fourth-order valence-electron chi connectivity index (χ4n) is 3.30. The van der Waals surface area contributed by atoms with Crippen molar-refractivity contribution in [3.8, 4) is 5.69 Å². The van der Waals surface area contributed by atoms with Gasteiger partial charge in [-0.2, -0.15) is 0 Å². The highest BCUT2D eigenvalue weighted by Gasteiger charge is 2.25. The van der Waals surface area contributed by atoms with E-state index in [1.54, 1.807) is 0 Å². The maximum Gasteiger partial charge on any atom is 0.270 e. The molecule has 1 unspecified atom stereocenters. The number of piperazine rings is 1. The molecule has 1 fully saturated rings. The third-order valence-electron chi connectivity index (χ3n) is 5.10. The van der Waals surface area contributed by atoms with Crippen LogP contribution in [0, 0.1) is 3.57 Å². The maximum atomic E-state index is 13.1. The van der Waals surface area contributed by atoms with Crippen molar-refractivity contribution in [3.63, 3.8) is 0 Å². The molecule has 1 atom stereocenters. The van der Waals surface area contributed by atoms with Crippen molar-refractivity contribution in [2.75, 3.05) is 32.7 Å². The van der Waals surface area contributed by atoms with Crippen molar-refractivity contribution in [2.24, 2.45) is 0 Å². The molecule has 3 rings (SSSR count). The van der Waals surface area contributed by atoms with Gasteiger partial charge in [-0.15, -0.1) is 0 Å². The van der Waals surface area contributed by atoms with E-state index in [1.807, 2.05) is 52.9 Å². The molecule has 0 bridgehead atoms. The molecule has 28 heavy (non-hydrogen) atoms. The molecule has 150 valence electrons. The van der Waals surface area contributed by atoms with Gasteiger partial charge in [-0.1, -0.05) is 13.0 Å². The Morgan fingerprint density at radius 3 is 2.57 bits per heavy atom. The number of nitrogens with zero attached hydrogens (tertiary/aromatic N) is 3. The number of aromatic nitrogens is 1. The SMILES string of the molecule is CCC(C)NC(=O)CN1CCN(C(=O)c2cccn2-c2cccc(I)c2)CC1. The first-order valence-corrected chi connectivity index (χ1v) is 10.8. The second-order valence-corrected chi connectivity index (χ2v) is 8.43. The van der Waals surface area contributed by atoms with Gasteiger partial charge >= 0.3 is 0 Å². The molecule has 0 spiro atoms. The van der Waals surface area contributed by atoms with Crippen molar-refractivity contribution < 1.29 is 9.59 Å². The molecular weight excluding hydrogens is 467 g/mol. The fraction of sp³-hybridized carbons (Fsp3) is 0.429. The summed E-state index contributed by atoms with van der Waals surface area (Å²) < 4.78 is 3.07. The zero-order valence-electron chi connectivity index (χ0n) is 16.4. The fourth-order valence-corrected chi connectivity index (χ4v) is 3.83. The zero-order chi connectivity index (χ0) is 20.1. The summed E-state index contributed by atoms with van der Waals surface area (Å²) in [6.07, 6.45) is 2.85. The summed E-state index contributed by atoms with van der Waals surface area (Å²) in [6.45, 7) is 7.15. The molecule has 1 aromatic carbocycles. The number of hydrogen-bond donors (Lipinski definition) is 1. The molecular formula is C21H27IN4O2. The van der Waals surface area contributed by atoms with Gasteiger partial charge in [0.15, 0.2) is 0 Å². The first kappa shape index (κ1) is 20.9. The number of carbonyl (C=O) groups excluding carboxylic acids is 2. The van der Waals surface area contributed by atoms with Crippen LogP contribution in [-0.2, 0) is 4.79 Å². The van der Waals surface area contributed by atoms with Crippen molar-refractivity contribution >= 4 is 34.4 Å². The van der Waals surface area contributed by atoms with Crippen LogP contribution < -0.4 is 5.32 Å². The number of hydrogen-bond acceptors (Lipinski definition) is 3. The molecule has 0 saturated carbocycles. The Labute approximate surface area is 180 Å². The van der Waals surface area contributed by atoms with E-state index in [1.165, 1.54) is 0 Å². The largest absolute Gasteiger partial charge is 0.353 e. The first-order valence-electron chi connectivity index (χ1n) is 9.72. The molecule has 2 heterocycles. The smallest absolute Gasteiger partial charge is 0.270 e. The number of rotatable bonds is 6. The third-order valence-corrected chi connectivity index (χ3v) is 5.77. The van der Waals surface area contributed by atoms with Crippen LogP contribution in [0.15, 0.2) is 42.6 Å².